The molecule has 0 spiro atoms. The molecule has 0 unspecified atom stereocenters. The minimum Gasteiger partial charge on any atom is -0.481 e. The highest BCUT2D eigenvalue weighted by atomic mass is 16.4. The molecule has 0 fully saturated rings. The smallest absolute Gasteiger partial charge is 0.300 e. The van der Waals surface area contributed by atoms with Crippen LogP contribution in [0.25, 0.3) is 46.4 Å². The summed E-state index contributed by atoms with van der Waals surface area (Å²) in [6.45, 7) is 4.33. The van der Waals surface area contributed by atoms with Crippen LogP contribution in [0.5, 0.6) is 0 Å². The van der Waals surface area contributed by atoms with Crippen molar-refractivity contribution in [3.8, 4) is 0 Å². The third-order valence-electron chi connectivity index (χ3n) is 6.31. The molecule has 9 heterocycles. The van der Waals surface area contributed by atoms with Gasteiger partial charge in [0, 0.05) is 99.3 Å². The normalized spacial score (nSPS) is 9.31. The molecular formula is C48H50N8O8. The van der Waals surface area contributed by atoms with Crippen molar-refractivity contribution in [2.75, 3.05) is 0 Å². The molecule has 0 saturated heterocycles. The Morgan fingerprint density at radius 3 is 0.641 bits per heavy atom. The predicted molar refractivity (Wildman–Crippen MR) is 249 cm³/mol. The summed E-state index contributed by atoms with van der Waals surface area (Å²) in [5, 5.41) is 29.7. The highest BCUT2D eigenvalue weighted by Crippen LogP contribution is 2.17. The first-order valence-electron chi connectivity index (χ1n) is 19.0. The van der Waals surface area contributed by atoms with E-state index < -0.39 is 23.9 Å². The Hall–Kier alpha value is -8.92. The van der Waals surface area contributed by atoms with Crippen LogP contribution in [0.2, 0.25) is 0 Å². The molecule has 0 aromatic carbocycles. The molecule has 16 nitrogen and oxygen atoms in total. The second-order valence-electron chi connectivity index (χ2n) is 12.1. The molecule has 6 N–H and O–H groups in total. The molecule has 8 bridgehead atoms. The first kappa shape index (κ1) is 53.1. The highest BCUT2D eigenvalue weighted by Gasteiger charge is 2.01. The number of carboxylic acid groups (broad SMARTS) is 4. The highest BCUT2D eigenvalue weighted by molar-refractivity contribution is 5.77. The number of H-pyrrole nitrogens is 2. The van der Waals surface area contributed by atoms with Crippen molar-refractivity contribution in [1.29, 1.82) is 0 Å². The van der Waals surface area contributed by atoms with Crippen LogP contribution in [0.15, 0.2) is 171 Å². The lowest BCUT2D eigenvalue weighted by molar-refractivity contribution is -0.135. The fourth-order valence-electron chi connectivity index (χ4n) is 4.19. The number of fused-ring (bicyclic) bond motifs is 8. The predicted octanol–water partition coefficient (Wildman–Crippen LogP) is 9.35. The van der Waals surface area contributed by atoms with Crippen LogP contribution in [-0.2, 0) is 19.2 Å². The van der Waals surface area contributed by atoms with E-state index in [1.807, 2.05) is 121 Å². The summed E-state index contributed by atoms with van der Waals surface area (Å²) in [7, 11) is 0. The summed E-state index contributed by atoms with van der Waals surface area (Å²) < 4.78 is 0. The van der Waals surface area contributed by atoms with E-state index in [0.29, 0.717) is 0 Å². The Morgan fingerprint density at radius 2 is 0.516 bits per heavy atom. The van der Waals surface area contributed by atoms with Crippen molar-refractivity contribution in [3.05, 3.63) is 194 Å². The van der Waals surface area contributed by atoms with Gasteiger partial charge in [-0.1, -0.05) is 24.3 Å². The lowest BCUT2D eigenvalue weighted by atomic mass is 10.3. The molecule has 0 radical (unpaired) electrons. The van der Waals surface area contributed by atoms with E-state index in [9.17, 15) is 0 Å². The number of aliphatic carboxylic acids is 4. The van der Waals surface area contributed by atoms with Gasteiger partial charge in [-0.3, -0.25) is 39.1 Å². The van der Waals surface area contributed by atoms with E-state index in [1.54, 1.807) is 49.6 Å². The lowest BCUT2D eigenvalue weighted by Gasteiger charge is -1.85. The fraction of sp³-hybridized carbons (Fsp3) is 0.0833. The quantitative estimate of drug-likeness (QED) is 0.0830. The SMILES string of the molecule is C1=Cc2cc3ccc(cc4nc(cc5ccc(cc1n2)[nH]5)C=C4)[nH]3.CC(=O)O.CC(=O)O.CC(=O)O.CC(=O)O.c1ccncc1.c1ccncc1.c1ccncc1.c1ccncc1. The molecule has 330 valence electrons. The third-order valence-corrected chi connectivity index (χ3v) is 6.31. The van der Waals surface area contributed by atoms with Crippen LogP contribution in [0.1, 0.15) is 50.5 Å². The van der Waals surface area contributed by atoms with Crippen LogP contribution in [0.3, 0.4) is 0 Å². The number of aromatic amines is 2. The van der Waals surface area contributed by atoms with Crippen molar-refractivity contribution in [3.63, 3.8) is 0 Å². The first-order chi connectivity index (χ1) is 30.7. The van der Waals surface area contributed by atoms with Gasteiger partial charge in [-0.2, -0.15) is 0 Å². The summed E-state index contributed by atoms with van der Waals surface area (Å²) in [5.74, 6) is -3.33. The van der Waals surface area contributed by atoms with Crippen molar-refractivity contribution < 1.29 is 39.6 Å². The monoisotopic (exact) mass is 866 g/mol. The van der Waals surface area contributed by atoms with Gasteiger partial charge in [0.25, 0.3) is 23.9 Å². The number of aromatic nitrogens is 8. The average molecular weight is 867 g/mol. The number of nitrogens with zero attached hydrogens (tertiary/aromatic N) is 6. The molecule has 0 atom stereocenters. The molecule has 0 saturated carbocycles. The zero-order valence-corrected chi connectivity index (χ0v) is 35.6. The number of hydrogen-bond acceptors (Lipinski definition) is 10. The first-order valence-corrected chi connectivity index (χ1v) is 19.0. The van der Waals surface area contributed by atoms with Crippen molar-refractivity contribution in [1.82, 2.24) is 39.9 Å². The van der Waals surface area contributed by atoms with Gasteiger partial charge in [0.1, 0.15) is 0 Å². The van der Waals surface area contributed by atoms with E-state index in [-0.39, 0.29) is 0 Å². The van der Waals surface area contributed by atoms with Crippen molar-refractivity contribution >= 4 is 70.2 Å². The van der Waals surface area contributed by atoms with Gasteiger partial charge in [-0.05, 0) is 121 Å². The summed E-state index contributed by atoms with van der Waals surface area (Å²) in [6.07, 6.45) is 22.1. The standard InChI is InChI=1S/C20H14N4.4C5H5N.4C2H4O2/c1-2-14-10-16-5-6-18(23-16)12-20-8-7-19(24-20)11-17-4-3-15(22-17)9-13(1)21-14;4*1-2-4-6-5-3-1;4*1-2(3)4/h1-12,21,24H;4*1-5H;4*1H3,(H,3,4). The Labute approximate surface area is 370 Å². The van der Waals surface area contributed by atoms with Crippen LogP contribution in [0, 0.1) is 0 Å². The Bertz CT molecular complexity index is 2100. The maximum absolute atomic E-state index is 9.00. The maximum Gasteiger partial charge on any atom is 0.300 e. The van der Waals surface area contributed by atoms with Gasteiger partial charge in [0.15, 0.2) is 0 Å². The zero-order chi connectivity index (χ0) is 47.2. The summed E-state index contributed by atoms with van der Waals surface area (Å²) in [4.78, 5) is 67.2. The van der Waals surface area contributed by atoms with Gasteiger partial charge in [-0.25, -0.2) is 9.97 Å². The maximum atomic E-state index is 9.00. The van der Waals surface area contributed by atoms with Crippen LogP contribution in [-0.4, -0.2) is 84.2 Å². The second-order valence-corrected chi connectivity index (χ2v) is 12.1. The minimum atomic E-state index is -0.833. The summed E-state index contributed by atoms with van der Waals surface area (Å²) in [5.41, 5.74) is 7.86. The van der Waals surface area contributed by atoms with Gasteiger partial charge >= 0.3 is 0 Å². The van der Waals surface area contributed by atoms with E-state index in [4.69, 9.17) is 39.6 Å². The summed E-state index contributed by atoms with van der Waals surface area (Å²) >= 11 is 0. The van der Waals surface area contributed by atoms with Crippen LogP contribution in [0.4, 0.5) is 0 Å². The van der Waals surface area contributed by atoms with Gasteiger partial charge in [0.05, 0.1) is 22.8 Å². The Morgan fingerprint density at radius 1 is 0.344 bits per heavy atom. The van der Waals surface area contributed by atoms with Gasteiger partial charge in [-0.15, -0.1) is 0 Å². The van der Waals surface area contributed by atoms with Crippen molar-refractivity contribution in [2.45, 2.75) is 27.7 Å². The number of carboxylic acids is 4. The van der Waals surface area contributed by atoms with Gasteiger partial charge in [0.2, 0.25) is 0 Å². The molecule has 7 aromatic heterocycles. The minimum absolute atomic E-state index is 0.833. The lowest BCUT2D eigenvalue weighted by Crippen LogP contribution is -1.78. The molecule has 9 rings (SSSR count). The molecule has 7 aromatic rings. The van der Waals surface area contributed by atoms with E-state index in [0.717, 1.165) is 72.5 Å². The molecule has 64 heavy (non-hydrogen) atoms. The topological polar surface area (TPSA) is 258 Å². The van der Waals surface area contributed by atoms with Crippen LogP contribution < -0.4 is 0 Å². The zero-order valence-electron chi connectivity index (χ0n) is 35.6. The fourth-order valence-corrected chi connectivity index (χ4v) is 4.19. The molecule has 2 aliphatic heterocycles. The molecule has 16 heteroatoms. The van der Waals surface area contributed by atoms with Crippen LogP contribution >= 0.6 is 0 Å². The number of rotatable bonds is 0. The van der Waals surface area contributed by atoms with E-state index >= 15 is 0 Å². The second kappa shape index (κ2) is 33.9. The van der Waals surface area contributed by atoms with E-state index in [2.05, 4.69) is 64.1 Å². The number of nitrogens with one attached hydrogen (secondary N) is 2. The molecule has 0 amide bonds. The largest absolute Gasteiger partial charge is 0.481 e. The molecule has 2 aliphatic rings. The number of carbonyl (C=O) groups is 4. The van der Waals surface area contributed by atoms with Crippen molar-refractivity contribution in [2.24, 2.45) is 0 Å². The summed E-state index contributed by atoms with van der Waals surface area (Å²) in [6, 6.07) is 39.2. The average Bonchev–Trinajstić information content (AvgIpc) is 4.11. The number of hydrogen-bond donors (Lipinski definition) is 6. The van der Waals surface area contributed by atoms with E-state index in [1.165, 1.54) is 0 Å². The number of pyridine rings is 4. The van der Waals surface area contributed by atoms with Gasteiger partial charge < -0.3 is 30.4 Å². The Balaban J connectivity index is 0.000000420. The molecule has 0 aliphatic carbocycles. The Kier molecular flexibility index (Phi) is 28.1. The third kappa shape index (κ3) is 32.0. The molecular weight excluding hydrogens is 817 g/mol.